The lowest BCUT2D eigenvalue weighted by Crippen LogP contribution is -2.40. The van der Waals surface area contributed by atoms with Crippen molar-refractivity contribution >= 4 is 29.0 Å². The van der Waals surface area contributed by atoms with Crippen molar-refractivity contribution in [3.8, 4) is 11.5 Å². The van der Waals surface area contributed by atoms with Crippen molar-refractivity contribution in [2.45, 2.75) is 39.6 Å². The molecule has 6 rings (SSSR count). The van der Waals surface area contributed by atoms with E-state index in [1.807, 2.05) is 25.1 Å². The highest BCUT2D eigenvalue weighted by molar-refractivity contribution is 7.07. The molecule has 0 saturated carbocycles. The summed E-state index contributed by atoms with van der Waals surface area (Å²) < 4.78 is 58.6. The fourth-order valence-corrected chi connectivity index (χ4v) is 6.51. The van der Waals surface area contributed by atoms with E-state index in [0.29, 0.717) is 49.1 Å². The van der Waals surface area contributed by atoms with Crippen LogP contribution in [0.25, 0.3) is 6.08 Å². The highest BCUT2D eigenvalue weighted by Crippen LogP contribution is 2.33. The highest BCUT2D eigenvalue weighted by Gasteiger charge is 2.35. The van der Waals surface area contributed by atoms with E-state index in [4.69, 9.17) is 13.9 Å². The molecule has 1 amide bonds. The van der Waals surface area contributed by atoms with Crippen LogP contribution < -0.4 is 29.7 Å². The van der Waals surface area contributed by atoms with Crippen LogP contribution in [0, 0.1) is 13.8 Å². The van der Waals surface area contributed by atoms with Gasteiger partial charge in [0.15, 0.2) is 4.80 Å². The molecular weight excluding hydrogens is 643 g/mol. The number of anilines is 1. The molecule has 1 aliphatic heterocycles. The van der Waals surface area contributed by atoms with Crippen molar-refractivity contribution in [3.63, 3.8) is 0 Å². The van der Waals surface area contributed by atoms with Gasteiger partial charge in [0.1, 0.15) is 35.7 Å². The van der Waals surface area contributed by atoms with Crippen molar-refractivity contribution in [1.29, 1.82) is 0 Å². The number of hydrogen-bond donors (Lipinski definition) is 1. The molecule has 1 aliphatic rings. The molecule has 1 N–H and O–H groups in total. The summed E-state index contributed by atoms with van der Waals surface area (Å²) in [5.41, 5.74) is 2.26. The zero-order valence-electron chi connectivity index (χ0n) is 26.3. The van der Waals surface area contributed by atoms with Crippen LogP contribution in [0.4, 0.5) is 18.9 Å². The maximum absolute atomic E-state index is 14.1. The highest BCUT2D eigenvalue weighted by atomic mass is 32.1. The molecule has 0 saturated heterocycles. The van der Waals surface area contributed by atoms with Gasteiger partial charge in [-0.3, -0.25) is 14.2 Å². The van der Waals surface area contributed by atoms with Crippen LogP contribution in [-0.2, 0) is 17.6 Å². The average molecular weight is 674 g/mol. The maximum Gasteiger partial charge on any atom is 0.416 e. The Hall–Kier alpha value is -5.36. The molecule has 12 heteroatoms. The molecule has 48 heavy (non-hydrogen) atoms. The number of fused-ring (bicyclic) bond motifs is 1. The van der Waals surface area contributed by atoms with E-state index in [1.54, 1.807) is 56.3 Å². The molecule has 3 aromatic carbocycles. The van der Waals surface area contributed by atoms with Gasteiger partial charge in [0.05, 0.1) is 28.5 Å². The van der Waals surface area contributed by atoms with Crippen LogP contribution in [0.15, 0.2) is 104 Å². The Morgan fingerprint density at radius 1 is 1.04 bits per heavy atom. The van der Waals surface area contributed by atoms with Crippen molar-refractivity contribution in [2.24, 2.45) is 4.99 Å². The third-order valence-corrected chi connectivity index (χ3v) is 8.83. The second kappa shape index (κ2) is 13.0. The Morgan fingerprint density at radius 3 is 2.54 bits per heavy atom. The number of rotatable bonds is 8. The minimum atomic E-state index is -4.50. The summed E-state index contributed by atoms with van der Waals surface area (Å²) in [6.45, 7) is 5.33. The van der Waals surface area contributed by atoms with Gasteiger partial charge in [-0.25, -0.2) is 4.99 Å². The van der Waals surface area contributed by atoms with Gasteiger partial charge in [0.2, 0.25) is 0 Å². The van der Waals surface area contributed by atoms with Gasteiger partial charge in [-0.05, 0) is 86.5 Å². The van der Waals surface area contributed by atoms with E-state index < -0.39 is 23.7 Å². The Labute approximate surface area is 277 Å². The lowest BCUT2D eigenvalue weighted by molar-refractivity contribution is -0.137. The van der Waals surface area contributed by atoms with Gasteiger partial charge < -0.3 is 19.2 Å². The van der Waals surface area contributed by atoms with Gasteiger partial charge in [0.25, 0.3) is 11.5 Å². The minimum Gasteiger partial charge on any atom is -0.496 e. The molecule has 0 radical (unpaired) electrons. The first-order valence-electron chi connectivity index (χ1n) is 14.9. The lowest BCUT2D eigenvalue weighted by Gasteiger charge is -2.23. The van der Waals surface area contributed by atoms with Gasteiger partial charge in [-0.2, -0.15) is 13.2 Å². The van der Waals surface area contributed by atoms with E-state index in [0.717, 1.165) is 17.7 Å². The van der Waals surface area contributed by atoms with E-state index in [2.05, 4.69) is 10.3 Å². The van der Waals surface area contributed by atoms with Gasteiger partial charge >= 0.3 is 6.18 Å². The monoisotopic (exact) mass is 673 g/mol. The molecular formula is C36H30F3N3O5S. The Kier molecular flexibility index (Phi) is 8.85. The van der Waals surface area contributed by atoms with Crippen molar-refractivity contribution < 1.29 is 31.9 Å². The van der Waals surface area contributed by atoms with Crippen LogP contribution in [-0.4, -0.2) is 17.6 Å². The first kappa shape index (κ1) is 32.6. The number of para-hydroxylation sites is 1. The number of nitrogens with one attached hydrogen (secondary N) is 1. The fraction of sp³-hybridized carbons (Fsp3) is 0.194. The summed E-state index contributed by atoms with van der Waals surface area (Å²) in [5.74, 6) is 1.16. The van der Waals surface area contributed by atoms with Crippen molar-refractivity contribution in [2.75, 3.05) is 12.4 Å². The number of alkyl halides is 3. The number of aromatic nitrogens is 1. The SMILES string of the molecule is COc1ccc(/C=c2/sc3n(c2=O)C(c2ccc(C)o2)C(C(=O)Nc2ccccc2C)=C(C)N=3)cc1COc1cccc(C(F)(F)F)c1. The number of allylic oxidation sites excluding steroid dienone is 1. The molecule has 8 nitrogen and oxygen atoms in total. The molecule has 246 valence electrons. The number of carbonyl (C=O) groups excluding carboxylic acids is 1. The first-order chi connectivity index (χ1) is 22.9. The predicted molar refractivity (Wildman–Crippen MR) is 176 cm³/mol. The second-order valence-corrected chi connectivity index (χ2v) is 12.2. The van der Waals surface area contributed by atoms with Crippen LogP contribution in [0.3, 0.4) is 0 Å². The first-order valence-corrected chi connectivity index (χ1v) is 15.7. The van der Waals surface area contributed by atoms with Crippen molar-refractivity contribution in [1.82, 2.24) is 4.57 Å². The van der Waals surface area contributed by atoms with Gasteiger partial charge in [-0.15, -0.1) is 0 Å². The van der Waals surface area contributed by atoms with Crippen LogP contribution in [0.5, 0.6) is 11.5 Å². The summed E-state index contributed by atoms with van der Waals surface area (Å²) in [5, 5.41) is 2.97. The number of benzene rings is 3. The molecule has 5 aromatic rings. The van der Waals surface area contributed by atoms with Gasteiger partial charge in [-0.1, -0.05) is 41.7 Å². The zero-order valence-corrected chi connectivity index (χ0v) is 27.2. The number of aryl methyl sites for hydroxylation is 2. The summed E-state index contributed by atoms with van der Waals surface area (Å²) in [6, 6.07) is 19.9. The molecule has 3 heterocycles. The molecule has 1 unspecified atom stereocenters. The minimum absolute atomic E-state index is 0.0522. The fourth-order valence-electron chi connectivity index (χ4n) is 5.46. The largest absolute Gasteiger partial charge is 0.496 e. The predicted octanol–water partition coefficient (Wildman–Crippen LogP) is 6.69. The number of amides is 1. The quantitative estimate of drug-likeness (QED) is 0.198. The molecule has 0 aliphatic carbocycles. The number of nitrogens with zero attached hydrogens (tertiary/aromatic N) is 2. The topological polar surface area (TPSA) is 95.1 Å². The molecule has 1 atom stereocenters. The normalized spacial score (nSPS) is 14.8. The maximum atomic E-state index is 14.1. The summed E-state index contributed by atoms with van der Waals surface area (Å²) in [4.78, 5) is 32.9. The van der Waals surface area contributed by atoms with Crippen molar-refractivity contribution in [3.05, 3.63) is 144 Å². The third-order valence-electron chi connectivity index (χ3n) is 7.85. The van der Waals surface area contributed by atoms with E-state index >= 15 is 0 Å². The third kappa shape index (κ3) is 6.56. The van der Waals surface area contributed by atoms with Crippen LogP contribution in [0.1, 0.15) is 46.7 Å². The molecule has 0 bridgehead atoms. The van der Waals surface area contributed by atoms with E-state index in [1.165, 1.54) is 35.1 Å². The van der Waals surface area contributed by atoms with E-state index in [-0.39, 0.29) is 23.5 Å². The number of hydrogen-bond acceptors (Lipinski definition) is 7. The Balaban J connectivity index is 1.37. The summed E-state index contributed by atoms with van der Waals surface area (Å²) >= 11 is 1.17. The second-order valence-electron chi connectivity index (χ2n) is 11.2. The molecule has 0 fully saturated rings. The number of ether oxygens (including phenoxy) is 2. The number of carbonyl (C=O) groups is 1. The summed E-state index contributed by atoms with van der Waals surface area (Å²) in [7, 11) is 1.48. The number of halogens is 3. The number of methoxy groups -OCH3 is 1. The molecule has 2 aromatic heterocycles. The smallest absolute Gasteiger partial charge is 0.416 e. The number of furan rings is 1. The van der Waals surface area contributed by atoms with Gasteiger partial charge in [0, 0.05) is 11.3 Å². The summed E-state index contributed by atoms with van der Waals surface area (Å²) in [6.07, 6.45) is -2.81. The Morgan fingerprint density at radius 2 is 1.83 bits per heavy atom. The standard InChI is InChI=1S/C36H30F3N3O5S/c1-20-8-5-6-11-27(20)41-33(43)31-22(3)40-35-42(32(31)29-14-12-21(2)47-29)34(44)30(48-35)17-23-13-15-28(45-4)24(16-23)19-46-26-10-7-9-25(18-26)36(37,38)39/h5-18,32H,19H2,1-4H3,(H,41,43)/b30-17+. The zero-order chi connectivity index (χ0) is 34.2. The lowest BCUT2D eigenvalue weighted by atomic mass is 10.00. The average Bonchev–Trinajstić information content (AvgIpc) is 3.62. The van der Waals surface area contributed by atoms with E-state index in [9.17, 15) is 22.8 Å². The number of thiazole rings is 1. The Bertz CT molecular complexity index is 2250. The molecule has 0 spiro atoms. The van der Waals surface area contributed by atoms with Crippen LogP contribution >= 0.6 is 11.3 Å². The van der Waals surface area contributed by atoms with Crippen LogP contribution in [0.2, 0.25) is 0 Å².